The molecule has 1 aromatic rings. The van der Waals surface area contributed by atoms with Crippen LogP contribution in [0.15, 0.2) is 23.2 Å². The maximum atomic E-state index is 12.5. The van der Waals surface area contributed by atoms with Crippen molar-refractivity contribution >= 4 is 29.9 Å². The Hall–Kier alpha value is -1.32. The largest absolute Gasteiger partial charge is 0.490 e. The molecule has 1 N–H and O–H groups in total. The average molecular weight is 483 g/mol. The van der Waals surface area contributed by atoms with E-state index in [0.717, 1.165) is 31.0 Å². The molecule has 1 aromatic carbocycles. The summed E-state index contributed by atoms with van der Waals surface area (Å²) >= 11 is 0. The molecule has 0 bridgehead atoms. The van der Waals surface area contributed by atoms with Gasteiger partial charge in [0.2, 0.25) is 0 Å². The highest BCUT2D eigenvalue weighted by Crippen LogP contribution is 2.30. The summed E-state index contributed by atoms with van der Waals surface area (Å²) in [7, 11) is 1.76. The van der Waals surface area contributed by atoms with E-state index in [1.54, 1.807) is 26.1 Å². The Balaban J connectivity index is 0.00000338. The Labute approximate surface area is 171 Å². The monoisotopic (exact) mass is 483 g/mol. The van der Waals surface area contributed by atoms with Gasteiger partial charge in [-0.25, -0.2) is 0 Å². The van der Waals surface area contributed by atoms with Crippen molar-refractivity contribution in [3.05, 3.63) is 23.8 Å². The van der Waals surface area contributed by atoms with Crippen molar-refractivity contribution < 1.29 is 18.3 Å². The van der Waals surface area contributed by atoms with Crippen LogP contribution in [-0.4, -0.2) is 44.2 Å². The van der Waals surface area contributed by atoms with E-state index in [1.807, 2.05) is 0 Å². The first kappa shape index (κ1) is 22.7. The molecule has 0 amide bonds. The van der Waals surface area contributed by atoms with Crippen LogP contribution >= 0.6 is 24.0 Å². The summed E-state index contributed by atoms with van der Waals surface area (Å²) in [6.07, 6.45) is 1.13. The second-order valence-corrected chi connectivity index (χ2v) is 6.83. The Morgan fingerprint density at radius 1 is 1.35 bits per heavy atom. The molecule has 0 spiro atoms. The van der Waals surface area contributed by atoms with Crippen molar-refractivity contribution in [2.75, 3.05) is 26.7 Å². The SMILES string of the molecule is CCOc1cc(CNC(=NC)N2CCC(C)(C)C2)ccc1OC(F)F.I. The molecule has 1 saturated heterocycles. The maximum absolute atomic E-state index is 12.5. The van der Waals surface area contributed by atoms with Crippen LogP contribution in [0.5, 0.6) is 11.5 Å². The molecule has 26 heavy (non-hydrogen) atoms. The summed E-state index contributed by atoms with van der Waals surface area (Å²) in [5.41, 5.74) is 1.19. The van der Waals surface area contributed by atoms with E-state index in [2.05, 4.69) is 33.8 Å². The predicted octanol–water partition coefficient (Wildman–Crippen LogP) is 4.11. The number of benzene rings is 1. The number of alkyl halides is 2. The fraction of sp³-hybridized carbons (Fsp3) is 0.611. The molecule has 1 aliphatic rings. The molecule has 0 radical (unpaired) electrons. The van der Waals surface area contributed by atoms with Crippen LogP contribution in [0.2, 0.25) is 0 Å². The summed E-state index contributed by atoms with van der Waals surface area (Å²) in [6, 6.07) is 4.97. The van der Waals surface area contributed by atoms with Gasteiger partial charge in [-0.1, -0.05) is 19.9 Å². The molecule has 8 heteroatoms. The van der Waals surface area contributed by atoms with Gasteiger partial charge in [0.1, 0.15) is 0 Å². The molecule has 0 atom stereocenters. The van der Waals surface area contributed by atoms with Crippen LogP contribution in [0.4, 0.5) is 8.78 Å². The lowest BCUT2D eigenvalue weighted by Crippen LogP contribution is -2.40. The Morgan fingerprint density at radius 3 is 2.62 bits per heavy atom. The second-order valence-electron chi connectivity index (χ2n) is 6.83. The minimum atomic E-state index is -2.87. The number of likely N-dealkylation sites (tertiary alicyclic amines) is 1. The van der Waals surface area contributed by atoms with Crippen molar-refractivity contribution in [1.29, 1.82) is 0 Å². The smallest absolute Gasteiger partial charge is 0.387 e. The van der Waals surface area contributed by atoms with Crippen LogP contribution in [0.1, 0.15) is 32.8 Å². The van der Waals surface area contributed by atoms with Crippen LogP contribution in [0.3, 0.4) is 0 Å². The van der Waals surface area contributed by atoms with Crippen LogP contribution < -0.4 is 14.8 Å². The fourth-order valence-electron chi connectivity index (χ4n) is 2.93. The highest BCUT2D eigenvalue weighted by atomic mass is 127. The van der Waals surface area contributed by atoms with Gasteiger partial charge < -0.3 is 19.7 Å². The zero-order valence-electron chi connectivity index (χ0n) is 15.7. The van der Waals surface area contributed by atoms with Gasteiger partial charge in [-0.15, -0.1) is 24.0 Å². The zero-order valence-corrected chi connectivity index (χ0v) is 18.1. The molecule has 0 saturated carbocycles. The average Bonchev–Trinajstić information content (AvgIpc) is 2.90. The van der Waals surface area contributed by atoms with Crippen molar-refractivity contribution in [3.8, 4) is 11.5 Å². The first-order chi connectivity index (χ1) is 11.8. The second kappa shape index (κ2) is 10.1. The summed E-state index contributed by atoms with van der Waals surface area (Å²) < 4.78 is 34.8. The minimum Gasteiger partial charge on any atom is -0.490 e. The van der Waals surface area contributed by atoms with Gasteiger partial charge in [-0.3, -0.25) is 4.99 Å². The van der Waals surface area contributed by atoms with E-state index in [-0.39, 0.29) is 35.1 Å². The molecular weight excluding hydrogens is 455 g/mol. The third kappa shape index (κ3) is 6.44. The summed E-state index contributed by atoms with van der Waals surface area (Å²) in [6.45, 7) is 6.25. The van der Waals surface area contributed by atoms with Gasteiger partial charge in [-0.05, 0) is 36.5 Å². The molecule has 0 aromatic heterocycles. The Morgan fingerprint density at radius 2 is 2.08 bits per heavy atom. The van der Waals surface area contributed by atoms with Crippen LogP contribution in [0, 0.1) is 5.41 Å². The van der Waals surface area contributed by atoms with E-state index in [0.29, 0.717) is 18.9 Å². The van der Waals surface area contributed by atoms with Gasteiger partial charge in [-0.2, -0.15) is 8.78 Å². The van der Waals surface area contributed by atoms with Crippen LogP contribution in [0.25, 0.3) is 0 Å². The third-order valence-corrected chi connectivity index (χ3v) is 4.16. The Bertz CT molecular complexity index is 612. The number of aliphatic imine (C=N–C) groups is 1. The number of halogens is 3. The topological polar surface area (TPSA) is 46.1 Å². The summed E-state index contributed by atoms with van der Waals surface area (Å²) in [5.74, 6) is 1.21. The number of ether oxygens (including phenoxy) is 2. The normalized spacial score (nSPS) is 16.4. The quantitative estimate of drug-likeness (QED) is 0.376. The Kier molecular flexibility index (Phi) is 8.85. The molecule has 1 fully saturated rings. The van der Waals surface area contributed by atoms with Crippen LogP contribution in [-0.2, 0) is 6.54 Å². The number of nitrogens with zero attached hydrogens (tertiary/aromatic N) is 2. The van der Waals surface area contributed by atoms with E-state index in [9.17, 15) is 8.78 Å². The van der Waals surface area contributed by atoms with E-state index in [4.69, 9.17) is 4.74 Å². The van der Waals surface area contributed by atoms with E-state index >= 15 is 0 Å². The molecule has 2 rings (SSSR count). The van der Waals surface area contributed by atoms with E-state index < -0.39 is 6.61 Å². The summed E-state index contributed by atoms with van der Waals surface area (Å²) in [5, 5.41) is 3.33. The van der Waals surface area contributed by atoms with Gasteiger partial charge in [0.25, 0.3) is 0 Å². The van der Waals surface area contributed by atoms with Crippen molar-refractivity contribution in [3.63, 3.8) is 0 Å². The molecule has 1 heterocycles. The highest BCUT2D eigenvalue weighted by molar-refractivity contribution is 14.0. The number of guanidine groups is 1. The summed E-state index contributed by atoms with van der Waals surface area (Å²) in [4.78, 5) is 6.58. The lowest BCUT2D eigenvalue weighted by molar-refractivity contribution is -0.0514. The first-order valence-electron chi connectivity index (χ1n) is 8.51. The number of nitrogens with one attached hydrogen (secondary N) is 1. The fourth-order valence-corrected chi connectivity index (χ4v) is 2.93. The van der Waals surface area contributed by atoms with Crippen molar-refractivity contribution in [2.24, 2.45) is 10.4 Å². The molecule has 5 nitrogen and oxygen atoms in total. The molecule has 148 valence electrons. The predicted molar refractivity (Wildman–Crippen MR) is 110 cm³/mol. The third-order valence-electron chi connectivity index (χ3n) is 4.16. The standard InChI is InChI=1S/C18H27F2N3O2.HI/c1-5-24-15-10-13(6-7-14(15)25-16(19)20)11-22-17(21-4)23-9-8-18(2,3)12-23;/h6-7,10,16H,5,8-9,11-12H2,1-4H3,(H,21,22);1H. The number of hydrogen-bond donors (Lipinski definition) is 1. The lowest BCUT2D eigenvalue weighted by atomic mass is 9.93. The zero-order chi connectivity index (χ0) is 18.4. The van der Waals surface area contributed by atoms with Gasteiger partial charge in [0, 0.05) is 26.7 Å². The number of hydrogen-bond acceptors (Lipinski definition) is 3. The molecule has 1 aliphatic heterocycles. The van der Waals surface area contributed by atoms with Gasteiger partial charge in [0.15, 0.2) is 17.5 Å². The van der Waals surface area contributed by atoms with E-state index in [1.165, 1.54) is 6.07 Å². The van der Waals surface area contributed by atoms with Gasteiger partial charge in [0.05, 0.1) is 6.61 Å². The lowest BCUT2D eigenvalue weighted by Gasteiger charge is -2.24. The first-order valence-corrected chi connectivity index (χ1v) is 8.51. The minimum absolute atomic E-state index is 0. The maximum Gasteiger partial charge on any atom is 0.387 e. The van der Waals surface area contributed by atoms with Crippen molar-refractivity contribution in [1.82, 2.24) is 10.2 Å². The van der Waals surface area contributed by atoms with Gasteiger partial charge >= 0.3 is 6.61 Å². The number of rotatable bonds is 6. The molecular formula is C18H28F2IN3O2. The molecule has 0 unspecified atom stereocenters. The highest BCUT2D eigenvalue weighted by Gasteiger charge is 2.30. The van der Waals surface area contributed by atoms with Crippen molar-refractivity contribution in [2.45, 2.75) is 40.3 Å². The molecule has 0 aliphatic carbocycles.